The minimum absolute atomic E-state index is 0.675. The van der Waals surface area contributed by atoms with Crippen LogP contribution in [-0.4, -0.2) is 5.16 Å². The van der Waals surface area contributed by atoms with Crippen LogP contribution in [0.2, 0.25) is 0 Å². The summed E-state index contributed by atoms with van der Waals surface area (Å²) >= 11 is 0. The summed E-state index contributed by atoms with van der Waals surface area (Å²) in [5.41, 5.74) is 10.8. The van der Waals surface area contributed by atoms with Crippen molar-refractivity contribution in [2.75, 3.05) is 11.1 Å². The molecule has 4 nitrogen and oxygen atoms in total. The average molecular weight is 231 g/mol. The van der Waals surface area contributed by atoms with Crippen LogP contribution in [0.3, 0.4) is 0 Å². The van der Waals surface area contributed by atoms with E-state index in [1.807, 2.05) is 39.0 Å². The number of nitrogens with two attached hydrogens (primary N) is 1. The normalized spacial score (nSPS) is 10.5. The topological polar surface area (TPSA) is 64.1 Å². The number of hydrogen-bond donors (Lipinski definition) is 2. The Balaban J connectivity index is 2.15. The molecule has 3 N–H and O–H groups in total. The lowest BCUT2D eigenvalue weighted by Crippen LogP contribution is -2.04. The van der Waals surface area contributed by atoms with E-state index in [4.69, 9.17) is 10.3 Å². The van der Waals surface area contributed by atoms with Crippen molar-refractivity contribution in [3.8, 4) is 0 Å². The van der Waals surface area contributed by atoms with Gasteiger partial charge in [0.2, 0.25) is 0 Å². The Morgan fingerprint density at radius 1 is 1.29 bits per heavy atom. The summed E-state index contributed by atoms with van der Waals surface area (Å²) in [6.45, 7) is 6.57. The van der Waals surface area contributed by atoms with Crippen molar-refractivity contribution in [1.82, 2.24) is 5.16 Å². The minimum Gasteiger partial charge on any atom is -0.397 e. The molecule has 0 aliphatic heterocycles. The molecule has 0 spiro atoms. The van der Waals surface area contributed by atoms with E-state index in [2.05, 4.69) is 10.5 Å². The van der Waals surface area contributed by atoms with E-state index >= 15 is 0 Å². The first-order chi connectivity index (χ1) is 8.08. The van der Waals surface area contributed by atoms with E-state index in [1.165, 1.54) is 5.56 Å². The zero-order chi connectivity index (χ0) is 12.4. The van der Waals surface area contributed by atoms with Gasteiger partial charge in [-0.15, -0.1) is 0 Å². The highest BCUT2D eigenvalue weighted by Gasteiger charge is 2.09. The first-order valence-electron chi connectivity index (χ1n) is 5.59. The highest BCUT2D eigenvalue weighted by atomic mass is 16.5. The fourth-order valence-electron chi connectivity index (χ4n) is 1.76. The quantitative estimate of drug-likeness (QED) is 0.797. The summed E-state index contributed by atoms with van der Waals surface area (Å²) < 4.78 is 5.12. The second-order valence-corrected chi connectivity index (χ2v) is 4.25. The number of nitrogens with one attached hydrogen (secondary N) is 1. The molecule has 2 rings (SSSR count). The molecule has 0 aliphatic rings. The summed E-state index contributed by atoms with van der Waals surface area (Å²) in [5.74, 6) is 0.848. The van der Waals surface area contributed by atoms with Gasteiger partial charge in [-0.05, 0) is 38.5 Å². The SMILES string of the molecule is Cc1ccc(N)c(NCc2c(C)noc2C)c1. The second kappa shape index (κ2) is 4.49. The number of aryl methyl sites for hydroxylation is 3. The predicted molar refractivity (Wildman–Crippen MR) is 68.9 cm³/mol. The molecule has 0 atom stereocenters. The zero-order valence-electron chi connectivity index (χ0n) is 10.4. The summed E-state index contributed by atoms with van der Waals surface area (Å²) in [7, 11) is 0. The Kier molecular flexibility index (Phi) is 3.04. The van der Waals surface area contributed by atoms with Gasteiger partial charge < -0.3 is 15.6 Å². The lowest BCUT2D eigenvalue weighted by atomic mass is 10.1. The molecule has 0 unspecified atom stereocenters. The molecule has 4 heteroatoms. The number of nitrogens with zero attached hydrogens (tertiary/aromatic N) is 1. The molecular weight excluding hydrogens is 214 g/mol. The molecule has 0 radical (unpaired) electrons. The number of nitrogen functional groups attached to an aromatic ring is 1. The third-order valence-corrected chi connectivity index (χ3v) is 2.85. The Hall–Kier alpha value is -1.97. The van der Waals surface area contributed by atoms with Crippen LogP contribution in [0.1, 0.15) is 22.6 Å². The van der Waals surface area contributed by atoms with Gasteiger partial charge in [0.1, 0.15) is 5.76 Å². The van der Waals surface area contributed by atoms with Crippen molar-refractivity contribution in [2.45, 2.75) is 27.3 Å². The molecule has 2 aromatic rings. The molecule has 0 bridgehead atoms. The molecule has 0 saturated carbocycles. The standard InChI is InChI=1S/C13H17N3O/c1-8-4-5-12(14)13(6-8)15-7-11-9(2)16-17-10(11)3/h4-6,15H,7,14H2,1-3H3. The summed E-state index contributed by atoms with van der Waals surface area (Å²) in [6, 6.07) is 5.94. The second-order valence-electron chi connectivity index (χ2n) is 4.25. The largest absolute Gasteiger partial charge is 0.397 e. The number of anilines is 2. The van der Waals surface area contributed by atoms with Crippen molar-refractivity contribution >= 4 is 11.4 Å². The third-order valence-electron chi connectivity index (χ3n) is 2.85. The summed E-state index contributed by atoms with van der Waals surface area (Å²) in [6.07, 6.45) is 0. The Bertz CT molecular complexity index is 512. The molecule has 1 aromatic heterocycles. The molecule has 0 amide bonds. The van der Waals surface area contributed by atoms with Gasteiger partial charge in [-0.3, -0.25) is 0 Å². The van der Waals surface area contributed by atoms with Crippen molar-refractivity contribution in [1.29, 1.82) is 0 Å². The number of rotatable bonds is 3. The highest BCUT2D eigenvalue weighted by molar-refractivity contribution is 5.67. The molecule has 1 heterocycles. The van der Waals surface area contributed by atoms with Crippen molar-refractivity contribution in [3.63, 3.8) is 0 Å². The molecule has 0 saturated heterocycles. The van der Waals surface area contributed by atoms with Crippen LogP contribution in [0.25, 0.3) is 0 Å². The summed E-state index contributed by atoms with van der Waals surface area (Å²) in [5, 5.41) is 7.23. The van der Waals surface area contributed by atoms with E-state index in [0.717, 1.165) is 28.4 Å². The van der Waals surface area contributed by atoms with E-state index in [-0.39, 0.29) is 0 Å². The van der Waals surface area contributed by atoms with E-state index in [1.54, 1.807) is 0 Å². The lowest BCUT2D eigenvalue weighted by molar-refractivity contribution is 0.392. The molecule has 0 aliphatic carbocycles. The zero-order valence-corrected chi connectivity index (χ0v) is 10.4. The maximum Gasteiger partial charge on any atom is 0.138 e. The lowest BCUT2D eigenvalue weighted by Gasteiger charge is -2.09. The number of benzene rings is 1. The Morgan fingerprint density at radius 3 is 2.71 bits per heavy atom. The van der Waals surface area contributed by atoms with Gasteiger partial charge in [-0.2, -0.15) is 0 Å². The van der Waals surface area contributed by atoms with Gasteiger partial charge in [0.15, 0.2) is 0 Å². The van der Waals surface area contributed by atoms with E-state index in [9.17, 15) is 0 Å². The van der Waals surface area contributed by atoms with Crippen molar-refractivity contribution in [3.05, 3.63) is 40.8 Å². The fourth-order valence-corrected chi connectivity index (χ4v) is 1.76. The van der Waals surface area contributed by atoms with Crippen molar-refractivity contribution in [2.24, 2.45) is 0 Å². The highest BCUT2D eigenvalue weighted by Crippen LogP contribution is 2.21. The maximum absolute atomic E-state index is 5.90. The van der Waals surface area contributed by atoms with Gasteiger partial charge in [0.25, 0.3) is 0 Å². The fraction of sp³-hybridized carbons (Fsp3) is 0.308. The van der Waals surface area contributed by atoms with Crippen LogP contribution in [0.15, 0.2) is 22.7 Å². The average Bonchev–Trinajstić information content (AvgIpc) is 2.61. The predicted octanol–water partition coefficient (Wildman–Crippen LogP) is 2.79. The monoisotopic (exact) mass is 231 g/mol. The third kappa shape index (κ3) is 2.41. The first kappa shape index (κ1) is 11.5. The van der Waals surface area contributed by atoms with Gasteiger partial charge in [-0.25, -0.2) is 0 Å². The minimum atomic E-state index is 0.675. The van der Waals surface area contributed by atoms with Crippen LogP contribution in [-0.2, 0) is 6.54 Å². The van der Waals surface area contributed by atoms with E-state index < -0.39 is 0 Å². The first-order valence-corrected chi connectivity index (χ1v) is 5.59. The van der Waals surface area contributed by atoms with Crippen LogP contribution >= 0.6 is 0 Å². The van der Waals surface area contributed by atoms with Crippen LogP contribution < -0.4 is 11.1 Å². The molecule has 0 fully saturated rings. The van der Waals surface area contributed by atoms with Gasteiger partial charge in [0.05, 0.1) is 17.1 Å². The van der Waals surface area contributed by atoms with Crippen LogP contribution in [0, 0.1) is 20.8 Å². The molecule has 1 aromatic carbocycles. The van der Waals surface area contributed by atoms with Gasteiger partial charge in [0, 0.05) is 12.1 Å². The van der Waals surface area contributed by atoms with Crippen molar-refractivity contribution < 1.29 is 4.52 Å². The van der Waals surface area contributed by atoms with Gasteiger partial charge >= 0.3 is 0 Å². The Morgan fingerprint density at radius 2 is 2.06 bits per heavy atom. The molecule has 17 heavy (non-hydrogen) atoms. The summed E-state index contributed by atoms with van der Waals surface area (Å²) in [4.78, 5) is 0. The van der Waals surface area contributed by atoms with E-state index in [0.29, 0.717) is 6.54 Å². The van der Waals surface area contributed by atoms with Crippen LogP contribution in [0.4, 0.5) is 11.4 Å². The Labute approximate surface area is 101 Å². The molecular formula is C13H17N3O. The maximum atomic E-state index is 5.90. The smallest absolute Gasteiger partial charge is 0.138 e. The van der Waals surface area contributed by atoms with Gasteiger partial charge in [-0.1, -0.05) is 11.2 Å². The number of hydrogen-bond acceptors (Lipinski definition) is 4. The van der Waals surface area contributed by atoms with Crippen LogP contribution in [0.5, 0.6) is 0 Å². The number of aromatic nitrogens is 1. The molecule has 90 valence electrons.